The Morgan fingerprint density at radius 1 is 1.07 bits per heavy atom. The van der Waals surface area contributed by atoms with Gasteiger partial charge in [-0.15, -0.1) is 11.3 Å². The van der Waals surface area contributed by atoms with Crippen LogP contribution < -0.4 is 0 Å². The average molecular weight is 689 g/mol. The summed E-state index contributed by atoms with van der Waals surface area (Å²) in [7, 11) is 0.0542. The van der Waals surface area contributed by atoms with Gasteiger partial charge in [0.2, 0.25) is 5.60 Å². The Kier molecular flexibility index (Phi) is 12.4. The molecule has 1 aromatic heterocycles. The summed E-state index contributed by atoms with van der Waals surface area (Å²) in [4.78, 5) is 37.7. The van der Waals surface area contributed by atoms with Gasteiger partial charge in [-0.3, -0.25) is 0 Å². The maximum absolute atomic E-state index is 15.0. The van der Waals surface area contributed by atoms with E-state index in [0.717, 1.165) is 37.7 Å². The van der Waals surface area contributed by atoms with Crippen molar-refractivity contribution in [1.82, 2.24) is 0 Å². The number of rotatable bonds is 13. The van der Waals surface area contributed by atoms with Crippen molar-refractivity contribution in [2.24, 2.45) is 17.3 Å². The minimum Gasteiger partial charge on any atom is -0.465 e. The van der Waals surface area contributed by atoms with Crippen LogP contribution in [0.25, 0.3) is 0 Å². The van der Waals surface area contributed by atoms with E-state index in [-0.39, 0.29) is 23.0 Å². The van der Waals surface area contributed by atoms with Gasteiger partial charge in [0.1, 0.15) is 4.88 Å². The first-order valence-electron chi connectivity index (χ1n) is 16.3. The number of hydrogen-bond donors (Lipinski definition) is 0. The highest BCUT2D eigenvalue weighted by Crippen LogP contribution is 2.55. The molecule has 1 unspecified atom stereocenters. The zero-order chi connectivity index (χ0) is 34.6. The first kappa shape index (κ1) is 38.3. The first-order valence-corrected chi connectivity index (χ1v) is 20.0. The second-order valence-electron chi connectivity index (χ2n) is 14.3. The van der Waals surface area contributed by atoms with Crippen LogP contribution in [0.2, 0.25) is 18.1 Å². The number of esters is 3. The maximum Gasteiger partial charge on any atom is 0.428 e. The van der Waals surface area contributed by atoms with E-state index in [0.29, 0.717) is 30.6 Å². The summed E-state index contributed by atoms with van der Waals surface area (Å²) < 4.78 is 66.2. The number of halogens is 3. The highest BCUT2D eigenvalue weighted by atomic mass is 32.1. The van der Waals surface area contributed by atoms with Gasteiger partial charge in [-0.2, -0.15) is 13.2 Å². The van der Waals surface area contributed by atoms with E-state index in [4.69, 9.17) is 13.9 Å². The maximum atomic E-state index is 15.0. The van der Waals surface area contributed by atoms with Crippen LogP contribution >= 0.6 is 11.3 Å². The quantitative estimate of drug-likeness (QED) is 0.0673. The lowest BCUT2D eigenvalue weighted by Crippen LogP contribution is -2.53. The predicted molar refractivity (Wildman–Crippen MR) is 174 cm³/mol. The second-order valence-corrected chi connectivity index (χ2v) is 20.3. The van der Waals surface area contributed by atoms with Gasteiger partial charge in [-0.1, -0.05) is 46.3 Å². The van der Waals surface area contributed by atoms with Crippen LogP contribution in [-0.2, 0) is 34.6 Å². The molecule has 0 spiro atoms. The Balaban J connectivity index is 1.91. The van der Waals surface area contributed by atoms with E-state index in [1.165, 1.54) is 18.4 Å². The molecule has 2 aliphatic carbocycles. The fourth-order valence-corrected chi connectivity index (χ4v) is 9.04. The molecule has 2 aliphatic rings. The Morgan fingerprint density at radius 2 is 1.74 bits per heavy atom. The van der Waals surface area contributed by atoms with Gasteiger partial charge in [0.05, 0.1) is 20.3 Å². The number of ether oxygens (including phenoxy) is 3. The lowest BCUT2D eigenvalue weighted by atomic mass is 9.63. The molecular weight excluding hydrogens is 638 g/mol. The number of carbonyl (C=O) groups excluding carboxylic acids is 3. The van der Waals surface area contributed by atoms with E-state index in [2.05, 4.69) is 45.5 Å². The molecule has 3 rings (SSSR count). The normalized spacial score (nSPS) is 24.0. The molecule has 0 aliphatic heterocycles. The monoisotopic (exact) mass is 688 g/mol. The van der Waals surface area contributed by atoms with Gasteiger partial charge < -0.3 is 18.6 Å². The van der Waals surface area contributed by atoms with E-state index >= 15 is 0 Å². The zero-order valence-electron chi connectivity index (χ0n) is 28.5. The molecule has 0 saturated heterocycles. The molecule has 4 atom stereocenters. The third-order valence-electron chi connectivity index (χ3n) is 10.8. The van der Waals surface area contributed by atoms with Crippen LogP contribution in [0.15, 0.2) is 24.3 Å². The highest BCUT2D eigenvalue weighted by Gasteiger charge is 2.66. The van der Waals surface area contributed by atoms with Crippen molar-refractivity contribution in [2.75, 3.05) is 14.2 Å². The van der Waals surface area contributed by atoms with Crippen molar-refractivity contribution < 1.29 is 46.2 Å². The minimum atomic E-state index is -4.92. The SMILES string of the molecule is CCC1(C(C/C=C/[C@@H]2[C@@H](CCCc3ccc(C(=O)OC)s3)CC[C@@]2(OC(=O)C(=O)OC)C(F)(F)F)O[Si](C)(C)C(C)(C)C)CCC1. The van der Waals surface area contributed by atoms with Gasteiger partial charge in [0.25, 0.3) is 0 Å². The molecule has 0 radical (unpaired) electrons. The van der Waals surface area contributed by atoms with Crippen LogP contribution in [0.3, 0.4) is 0 Å². The van der Waals surface area contributed by atoms with Crippen LogP contribution in [0, 0.1) is 17.3 Å². The zero-order valence-corrected chi connectivity index (χ0v) is 30.3. The number of methoxy groups -OCH3 is 2. The summed E-state index contributed by atoms with van der Waals surface area (Å²) in [6.07, 6.45) is 4.15. The molecule has 0 amide bonds. The molecule has 260 valence electrons. The van der Waals surface area contributed by atoms with Gasteiger partial charge in [-0.25, -0.2) is 14.4 Å². The molecular formula is C34H51F3O7SSi. The highest BCUT2D eigenvalue weighted by molar-refractivity contribution is 7.13. The Morgan fingerprint density at radius 3 is 2.26 bits per heavy atom. The summed E-state index contributed by atoms with van der Waals surface area (Å²) in [5.41, 5.74) is -2.87. The summed E-state index contributed by atoms with van der Waals surface area (Å²) in [6, 6.07) is 3.51. The number of aryl methyl sites for hydroxylation is 1. The van der Waals surface area contributed by atoms with Gasteiger partial charge in [0, 0.05) is 10.8 Å². The second kappa shape index (κ2) is 14.9. The largest absolute Gasteiger partial charge is 0.465 e. The van der Waals surface area contributed by atoms with E-state index in [1.807, 2.05) is 6.07 Å². The summed E-state index contributed by atoms with van der Waals surface area (Å²) >= 11 is 1.30. The van der Waals surface area contributed by atoms with Crippen LogP contribution in [0.5, 0.6) is 0 Å². The van der Waals surface area contributed by atoms with Crippen LogP contribution in [0.1, 0.15) is 100 Å². The predicted octanol–water partition coefficient (Wildman–Crippen LogP) is 8.82. The Bertz CT molecular complexity index is 1240. The van der Waals surface area contributed by atoms with E-state index < -0.39 is 56.3 Å². The number of alkyl halides is 3. The lowest BCUT2D eigenvalue weighted by Gasteiger charge is -2.51. The van der Waals surface area contributed by atoms with Crippen molar-refractivity contribution in [2.45, 2.75) is 128 Å². The Labute approximate surface area is 276 Å². The van der Waals surface area contributed by atoms with Crippen molar-refractivity contribution in [1.29, 1.82) is 0 Å². The molecule has 1 aromatic rings. The molecule has 1 heterocycles. The molecule has 2 saturated carbocycles. The number of hydrogen-bond acceptors (Lipinski definition) is 8. The molecule has 12 heteroatoms. The third-order valence-corrected chi connectivity index (χ3v) is 16.4. The van der Waals surface area contributed by atoms with Gasteiger partial charge in [-0.05, 0) is 99.4 Å². The minimum absolute atomic E-state index is 0.0167. The topological polar surface area (TPSA) is 88.1 Å². The van der Waals surface area contributed by atoms with Crippen LogP contribution in [0.4, 0.5) is 13.2 Å². The molecule has 46 heavy (non-hydrogen) atoms. The fourth-order valence-electron chi connectivity index (χ4n) is 6.66. The molecule has 0 aromatic carbocycles. The number of carbonyl (C=O) groups is 3. The van der Waals surface area contributed by atoms with Crippen LogP contribution in [-0.4, -0.2) is 58.3 Å². The molecule has 0 N–H and O–H groups in total. The first-order chi connectivity index (χ1) is 21.4. The summed E-state index contributed by atoms with van der Waals surface area (Å²) in [5, 5.41) is -0.0299. The van der Waals surface area contributed by atoms with Gasteiger partial charge in [0.15, 0.2) is 8.32 Å². The van der Waals surface area contributed by atoms with E-state index in [9.17, 15) is 27.6 Å². The standard InChI is InChI=1S/C34H51F3O7SSi/c1-9-32(20-12-21-32)27(44-46(7,8)31(2,3)4)16-11-15-25-23(13-10-14-24-17-18-26(45-24)28(38)41-5)19-22-33(25,34(35,36)37)43-30(40)29(39)42-6/h11,15,17-18,23,25,27H,9-10,12-14,16,19-22H2,1-8H3/b15-11+/t23-,25+,27?,33-/m0/s1. The molecule has 2 fully saturated rings. The van der Waals surface area contributed by atoms with Crippen molar-refractivity contribution in [3.63, 3.8) is 0 Å². The lowest BCUT2D eigenvalue weighted by molar-refractivity contribution is -0.278. The Hall–Kier alpha value is -2.18. The number of thiophene rings is 1. The fraction of sp³-hybridized carbons (Fsp3) is 0.735. The molecule has 0 bridgehead atoms. The smallest absolute Gasteiger partial charge is 0.428 e. The summed E-state index contributed by atoms with van der Waals surface area (Å²) in [6.45, 7) is 13.1. The van der Waals surface area contributed by atoms with Gasteiger partial charge >= 0.3 is 24.1 Å². The average Bonchev–Trinajstić information content (AvgIpc) is 3.56. The van der Waals surface area contributed by atoms with Crippen molar-refractivity contribution in [3.8, 4) is 0 Å². The van der Waals surface area contributed by atoms with Crippen molar-refractivity contribution >= 4 is 37.6 Å². The molecule has 7 nitrogen and oxygen atoms in total. The van der Waals surface area contributed by atoms with Crippen molar-refractivity contribution in [3.05, 3.63) is 34.0 Å². The third kappa shape index (κ3) is 8.26. The summed E-state index contributed by atoms with van der Waals surface area (Å²) in [5.74, 6) is -5.19. The van der Waals surface area contributed by atoms with E-state index in [1.54, 1.807) is 18.2 Å².